The summed E-state index contributed by atoms with van der Waals surface area (Å²) in [5.74, 6) is 0. The highest BCUT2D eigenvalue weighted by atomic mass is 35.5. The molecule has 1 aliphatic rings. The van der Waals surface area contributed by atoms with Crippen LogP contribution in [0.2, 0.25) is 0 Å². The van der Waals surface area contributed by atoms with Crippen LogP contribution in [0.5, 0.6) is 0 Å². The molecule has 1 N–H and O–H groups in total. The van der Waals surface area contributed by atoms with E-state index in [1.54, 1.807) is 11.3 Å². The Hall–Kier alpha value is -0.310. The Morgan fingerprint density at radius 2 is 2.12 bits per heavy atom. The van der Waals surface area contributed by atoms with Crippen LogP contribution in [-0.2, 0) is 0 Å². The van der Waals surface area contributed by atoms with E-state index in [0.29, 0.717) is 12.5 Å². The normalized spacial score (nSPS) is 17.4. The fourth-order valence-corrected chi connectivity index (χ4v) is 2.83. The highest BCUT2D eigenvalue weighted by Crippen LogP contribution is 2.27. The maximum atomic E-state index is 8.88. The summed E-state index contributed by atoms with van der Waals surface area (Å²) in [4.78, 5) is 3.73. The topological polar surface area (TPSA) is 39.1 Å². The molecular weight excluding hydrogens is 277 g/mol. The summed E-state index contributed by atoms with van der Waals surface area (Å²) < 4.78 is 0. The van der Waals surface area contributed by atoms with Crippen molar-refractivity contribution in [3.63, 3.8) is 0 Å². The number of rotatable bonds is 3. The van der Waals surface area contributed by atoms with Crippen molar-refractivity contribution < 1.29 is 0 Å². The second-order valence-electron chi connectivity index (χ2n) is 3.68. The predicted molar refractivity (Wildman–Crippen MR) is 76.2 cm³/mol. The van der Waals surface area contributed by atoms with Gasteiger partial charge in [0.2, 0.25) is 0 Å². The van der Waals surface area contributed by atoms with Gasteiger partial charge in [-0.25, -0.2) is 0 Å². The monoisotopic (exact) mass is 293 g/mol. The molecule has 0 unspecified atom stereocenters. The van der Waals surface area contributed by atoms with Crippen LogP contribution in [-0.4, -0.2) is 31.1 Å². The lowest BCUT2D eigenvalue weighted by atomic mass is 10.1. The molecule has 1 aliphatic heterocycles. The molecule has 0 spiro atoms. The minimum Gasteiger partial charge on any atom is -0.314 e. The SMILES string of the molecule is Cl.Cl.N#CC[C@@H](c1cccs1)N1CCNCC1. The van der Waals surface area contributed by atoms with Crippen molar-refractivity contribution in [2.24, 2.45) is 0 Å². The number of nitriles is 1. The van der Waals surface area contributed by atoms with Crippen LogP contribution in [0.25, 0.3) is 0 Å². The van der Waals surface area contributed by atoms with E-state index in [0.717, 1.165) is 26.2 Å². The number of piperazine rings is 1. The van der Waals surface area contributed by atoms with Gasteiger partial charge in [0, 0.05) is 31.1 Å². The van der Waals surface area contributed by atoms with Gasteiger partial charge >= 0.3 is 0 Å². The smallest absolute Gasteiger partial charge is 0.0642 e. The molecule has 1 aromatic heterocycles. The number of hydrogen-bond acceptors (Lipinski definition) is 4. The van der Waals surface area contributed by atoms with Gasteiger partial charge in [0.05, 0.1) is 18.5 Å². The predicted octanol–water partition coefficient (Wildman–Crippen LogP) is 2.45. The van der Waals surface area contributed by atoms with Crippen molar-refractivity contribution in [2.45, 2.75) is 12.5 Å². The number of hydrogen-bond donors (Lipinski definition) is 1. The van der Waals surface area contributed by atoms with Crippen LogP contribution in [0.15, 0.2) is 17.5 Å². The van der Waals surface area contributed by atoms with E-state index in [2.05, 4.69) is 33.8 Å². The minimum absolute atomic E-state index is 0. The van der Waals surface area contributed by atoms with Crippen molar-refractivity contribution in [1.82, 2.24) is 10.2 Å². The Bertz CT molecular complexity index is 331. The molecule has 2 rings (SSSR count). The van der Waals surface area contributed by atoms with Gasteiger partial charge in [0.25, 0.3) is 0 Å². The van der Waals surface area contributed by atoms with Crippen molar-refractivity contribution in [3.8, 4) is 6.07 Å². The molecule has 6 heteroatoms. The van der Waals surface area contributed by atoms with Gasteiger partial charge in [0.1, 0.15) is 0 Å². The maximum Gasteiger partial charge on any atom is 0.0642 e. The lowest BCUT2D eigenvalue weighted by molar-refractivity contribution is 0.178. The van der Waals surface area contributed by atoms with E-state index < -0.39 is 0 Å². The first-order chi connectivity index (χ1) is 7.42. The molecule has 0 aromatic carbocycles. The highest BCUT2D eigenvalue weighted by Gasteiger charge is 2.22. The molecule has 2 heterocycles. The quantitative estimate of drug-likeness (QED) is 0.930. The van der Waals surface area contributed by atoms with Crippen molar-refractivity contribution in [3.05, 3.63) is 22.4 Å². The number of thiophene rings is 1. The van der Waals surface area contributed by atoms with Gasteiger partial charge in [-0.05, 0) is 11.4 Å². The Labute approximate surface area is 119 Å². The van der Waals surface area contributed by atoms with Crippen molar-refractivity contribution in [2.75, 3.05) is 26.2 Å². The minimum atomic E-state index is 0. The van der Waals surface area contributed by atoms with Gasteiger partial charge in [-0.1, -0.05) is 6.07 Å². The third kappa shape index (κ3) is 4.46. The van der Waals surface area contributed by atoms with Gasteiger partial charge in [-0.2, -0.15) is 5.26 Å². The van der Waals surface area contributed by atoms with E-state index in [9.17, 15) is 0 Å². The average molecular weight is 294 g/mol. The number of nitrogens with one attached hydrogen (secondary N) is 1. The average Bonchev–Trinajstić information content (AvgIpc) is 2.80. The van der Waals surface area contributed by atoms with Crippen LogP contribution >= 0.6 is 36.2 Å². The Balaban J connectivity index is 0.00000128. The Kier molecular flexibility index (Phi) is 8.57. The maximum absolute atomic E-state index is 8.88. The molecule has 1 saturated heterocycles. The van der Waals surface area contributed by atoms with Crippen LogP contribution in [0, 0.1) is 11.3 Å². The molecule has 0 saturated carbocycles. The summed E-state index contributed by atoms with van der Waals surface area (Å²) in [6.07, 6.45) is 0.598. The van der Waals surface area contributed by atoms with Gasteiger partial charge in [-0.15, -0.1) is 36.2 Å². The second kappa shape index (κ2) is 8.73. The molecule has 17 heavy (non-hydrogen) atoms. The van der Waals surface area contributed by atoms with E-state index in [4.69, 9.17) is 5.26 Å². The fourth-order valence-electron chi connectivity index (χ4n) is 1.97. The zero-order chi connectivity index (χ0) is 10.5. The van der Waals surface area contributed by atoms with Gasteiger partial charge < -0.3 is 5.32 Å². The Morgan fingerprint density at radius 3 is 2.65 bits per heavy atom. The molecule has 3 nitrogen and oxygen atoms in total. The van der Waals surface area contributed by atoms with Crippen LogP contribution in [0.3, 0.4) is 0 Å². The first kappa shape index (κ1) is 16.7. The van der Waals surface area contributed by atoms with Crippen molar-refractivity contribution in [1.29, 1.82) is 5.26 Å². The van der Waals surface area contributed by atoms with Crippen LogP contribution < -0.4 is 5.32 Å². The zero-order valence-electron chi connectivity index (χ0n) is 9.46. The summed E-state index contributed by atoms with van der Waals surface area (Å²) in [5, 5.41) is 14.3. The molecule has 0 radical (unpaired) electrons. The molecule has 1 fully saturated rings. The van der Waals surface area contributed by atoms with Crippen LogP contribution in [0.1, 0.15) is 17.3 Å². The highest BCUT2D eigenvalue weighted by molar-refractivity contribution is 7.10. The third-order valence-corrected chi connectivity index (χ3v) is 3.72. The number of halogens is 2. The standard InChI is InChI=1S/C11H15N3S.2ClH/c12-4-3-10(11-2-1-9-15-11)14-7-5-13-6-8-14;;/h1-2,9-10,13H,3,5-8H2;2*1H/t10-;;/m0../s1. The zero-order valence-corrected chi connectivity index (χ0v) is 11.9. The van der Waals surface area contributed by atoms with Gasteiger partial charge in [0.15, 0.2) is 0 Å². The summed E-state index contributed by atoms with van der Waals surface area (Å²) in [6.45, 7) is 4.16. The third-order valence-electron chi connectivity index (χ3n) is 2.75. The summed E-state index contributed by atoms with van der Waals surface area (Å²) in [7, 11) is 0. The summed E-state index contributed by atoms with van der Waals surface area (Å²) >= 11 is 1.75. The van der Waals surface area contributed by atoms with E-state index in [1.165, 1.54) is 4.88 Å². The van der Waals surface area contributed by atoms with Gasteiger partial charge in [-0.3, -0.25) is 4.90 Å². The first-order valence-electron chi connectivity index (χ1n) is 5.27. The van der Waals surface area contributed by atoms with E-state index >= 15 is 0 Å². The largest absolute Gasteiger partial charge is 0.314 e. The van der Waals surface area contributed by atoms with E-state index in [-0.39, 0.29) is 24.8 Å². The number of nitrogens with zero attached hydrogens (tertiary/aromatic N) is 2. The van der Waals surface area contributed by atoms with Crippen LogP contribution in [0.4, 0.5) is 0 Å². The molecule has 0 bridgehead atoms. The van der Waals surface area contributed by atoms with E-state index in [1.807, 2.05) is 0 Å². The van der Waals surface area contributed by atoms with Crippen molar-refractivity contribution >= 4 is 36.2 Å². The molecule has 1 aromatic rings. The lowest BCUT2D eigenvalue weighted by Gasteiger charge is -2.33. The summed E-state index contributed by atoms with van der Waals surface area (Å²) in [6, 6.07) is 6.80. The Morgan fingerprint density at radius 1 is 1.41 bits per heavy atom. The fraction of sp³-hybridized carbons (Fsp3) is 0.545. The molecular formula is C11H17Cl2N3S. The molecule has 1 atom stereocenters. The lowest BCUT2D eigenvalue weighted by Crippen LogP contribution is -2.44. The first-order valence-corrected chi connectivity index (χ1v) is 6.15. The molecule has 0 amide bonds. The molecule has 96 valence electrons. The molecule has 0 aliphatic carbocycles. The summed E-state index contributed by atoms with van der Waals surface area (Å²) in [5.41, 5.74) is 0. The second-order valence-corrected chi connectivity index (χ2v) is 4.66.